The lowest BCUT2D eigenvalue weighted by Gasteiger charge is -2.35. The van der Waals surface area contributed by atoms with Crippen LogP contribution in [0.4, 0.5) is 0 Å². The standard InChI is InChI=1S/C17H20O3.C6H14N2O.C2H6/c1-19-13-6-5-11-4-2-3-8-17-9-7-12(18)10-14(17)20-16(13)15(11)17;7-1-2-8-3-5-9-6-4-8;1-2/h5-7,9,12,14,18H,2-4,8,10H2,1H3;1-7H2;1-2H3. The fourth-order valence-electron chi connectivity index (χ4n) is 5.15. The highest BCUT2D eigenvalue weighted by molar-refractivity contribution is 5.60. The summed E-state index contributed by atoms with van der Waals surface area (Å²) in [7, 11) is 1.69. The quantitative estimate of drug-likeness (QED) is 0.715. The van der Waals surface area contributed by atoms with E-state index in [1.807, 2.05) is 26.0 Å². The molecule has 3 unspecified atom stereocenters. The van der Waals surface area contributed by atoms with E-state index in [1.54, 1.807) is 7.11 Å². The molecule has 3 atom stereocenters. The number of hydrogen-bond donors (Lipinski definition) is 2. The maximum absolute atomic E-state index is 9.93. The first-order valence-electron chi connectivity index (χ1n) is 11.9. The molecule has 2 heterocycles. The molecule has 0 radical (unpaired) electrons. The van der Waals surface area contributed by atoms with Crippen molar-refractivity contribution >= 4 is 0 Å². The highest BCUT2D eigenvalue weighted by Gasteiger charge is 2.52. The van der Waals surface area contributed by atoms with Crippen molar-refractivity contribution in [3.05, 3.63) is 35.4 Å². The van der Waals surface area contributed by atoms with Crippen molar-refractivity contribution in [2.45, 2.75) is 63.6 Å². The zero-order valence-corrected chi connectivity index (χ0v) is 19.4. The van der Waals surface area contributed by atoms with Gasteiger partial charge < -0.3 is 25.1 Å². The number of nitrogens with zero attached hydrogens (tertiary/aromatic N) is 1. The lowest BCUT2D eigenvalue weighted by atomic mass is 9.69. The van der Waals surface area contributed by atoms with Gasteiger partial charge in [-0.3, -0.25) is 4.90 Å². The van der Waals surface area contributed by atoms with Crippen molar-refractivity contribution in [3.63, 3.8) is 0 Å². The number of benzene rings is 1. The van der Waals surface area contributed by atoms with E-state index >= 15 is 0 Å². The summed E-state index contributed by atoms with van der Waals surface area (Å²) in [6.07, 6.45) is 9.13. The van der Waals surface area contributed by atoms with Gasteiger partial charge in [0.1, 0.15) is 6.10 Å². The van der Waals surface area contributed by atoms with Gasteiger partial charge in [0, 0.05) is 38.2 Å². The van der Waals surface area contributed by atoms with E-state index in [1.165, 1.54) is 24.0 Å². The molecule has 1 aromatic rings. The predicted molar refractivity (Wildman–Crippen MR) is 124 cm³/mol. The minimum absolute atomic E-state index is 0.0467. The highest BCUT2D eigenvalue weighted by atomic mass is 16.5. The molecule has 0 saturated carbocycles. The van der Waals surface area contributed by atoms with Gasteiger partial charge in [-0.2, -0.15) is 0 Å². The van der Waals surface area contributed by atoms with Gasteiger partial charge in [-0.05, 0) is 30.9 Å². The van der Waals surface area contributed by atoms with Crippen molar-refractivity contribution in [1.29, 1.82) is 0 Å². The number of rotatable bonds is 3. The Morgan fingerprint density at radius 1 is 1.23 bits per heavy atom. The molecule has 4 aliphatic rings. The SMILES string of the molecule is CC.COc1ccc2c3c1OC1CC(O)C=CC31CCCC2.NCCN1CCOCC1. The first-order chi connectivity index (χ1) is 15.2. The molecule has 0 amide bonds. The van der Waals surface area contributed by atoms with Crippen LogP contribution >= 0.6 is 0 Å². The van der Waals surface area contributed by atoms with Crippen molar-refractivity contribution in [2.75, 3.05) is 46.5 Å². The molecule has 6 heteroatoms. The van der Waals surface area contributed by atoms with Crippen molar-refractivity contribution in [2.24, 2.45) is 5.73 Å². The molecule has 0 aromatic heterocycles. The number of methoxy groups -OCH3 is 1. The second kappa shape index (κ2) is 11.3. The molecule has 3 N–H and O–H groups in total. The zero-order valence-electron chi connectivity index (χ0n) is 19.4. The van der Waals surface area contributed by atoms with Crippen LogP contribution in [0.2, 0.25) is 0 Å². The van der Waals surface area contributed by atoms with Gasteiger partial charge in [0.2, 0.25) is 0 Å². The lowest BCUT2D eigenvalue weighted by molar-refractivity contribution is 0.0394. The summed E-state index contributed by atoms with van der Waals surface area (Å²) in [5.41, 5.74) is 8.04. The minimum atomic E-state index is -0.391. The average molecular weight is 433 g/mol. The molecule has 2 aliphatic carbocycles. The number of hydrogen-bond acceptors (Lipinski definition) is 6. The van der Waals surface area contributed by atoms with Gasteiger partial charge in [0.25, 0.3) is 0 Å². The second-order valence-electron chi connectivity index (χ2n) is 8.39. The van der Waals surface area contributed by atoms with Crippen molar-refractivity contribution < 1.29 is 19.3 Å². The number of morpholine rings is 1. The normalized spacial score (nSPS) is 28.5. The minimum Gasteiger partial charge on any atom is -0.493 e. The summed E-state index contributed by atoms with van der Waals surface area (Å²) in [5.74, 6) is 1.73. The molecule has 1 saturated heterocycles. The Bertz CT molecular complexity index is 730. The van der Waals surface area contributed by atoms with E-state index in [-0.39, 0.29) is 11.5 Å². The Morgan fingerprint density at radius 3 is 2.71 bits per heavy atom. The van der Waals surface area contributed by atoms with Crippen LogP contribution in [0.5, 0.6) is 11.5 Å². The number of aliphatic hydroxyl groups is 1. The van der Waals surface area contributed by atoms with Crippen LogP contribution < -0.4 is 15.2 Å². The molecule has 174 valence electrons. The van der Waals surface area contributed by atoms with Gasteiger partial charge in [0.15, 0.2) is 11.5 Å². The molecule has 6 nitrogen and oxygen atoms in total. The molecule has 1 spiro atoms. The third-order valence-corrected chi connectivity index (χ3v) is 6.63. The summed E-state index contributed by atoms with van der Waals surface area (Å²) in [6.45, 7) is 9.64. The van der Waals surface area contributed by atoms with Crippen LogP contribution in [-0.4, -0.2) is 68.7 Å². The van der Waals surface area contributed by atoms with Crippen LogP contribution in [0.15, 0.2) is 24.3 Å². The maximum Gasteiger partial charge on any atom is 0.166 e. The smallest absolute Gasteiger partial charge is 0.166 e. The zero-order chi connectivity index (χ0) is 22.3. The maximum atomic E-state index is 9.93. The van der Waals surface area contributed by atoms with Crippen LogP contribution in [0.1, 0.15) is 50.7 Å². The second-order valence-corrected chi connectivity index (χ2v) is 8.39. The molecule has 0 bridgehead atoms. The molecule has 5 rings (SSSR count). The Kier molecular flexibility index (Phi) is 8.78. The highest BCUT2D eigenvalue weighted by Crippen LogP contribution is 2.56. The fraction of sp³-hybridized carbons (Fsp3) is 0.680. The number of ether oxygens (including phenoxy) is 3. The Morgan fingerprint density at radius 2 is 2.00 bits per heavy atom. The summed E-state index contributed by atoms with van der Waals surface area (Å²) < 4.78 is 16.9. The van der Waals surface area contributed by atoms with E-state index in [9.17, 15) is 5.11 Å². The van der Waals surface area contributed by atoms with Gasteiger partial charge in [0.05, 0.1) is 31.8 Å². The lowest BCUT2D eigenvalue weighted by Crippen LogP contribution is -2.41. The number of aryl methyl sites for hydroxylation is 1. The number of aliphatic hydroxyl groups excluding tert-OH is 1. The molecular formula is C25H40N2O4. The van der Waals surface area contributed by atoms with Crippen LogP contribution in [0, 0.1) is 0 Å². The molecule has 1 fully saturated rings. The van der Waals surface area contributed by atoms with Crippen molar-refractivity contribution in [3.8, 4) is 11.5 Å². The van der Waals surface area contributed by atoms with Crippen LogP contribution in [0.3, 0.4) is 0 Å². The van der Waals surface area contributed by atoms with E-state index in [0.29, 0.717) is 6.42 Å². The van der Waals surface area contributed by atoms with E-state index < -0.39 is 6.10 Å². The van der Waals surface area contributed by atoms with Gasteiger partial charge >= 0.3 is 0 Å². The third kappa shape index (κ3) is 5.08. The Hall–Kier alpha value is -1.60. The van der Waals surface area contributed by atoms with Crippen LogP contribution in [0.25, 0.3) is 0 Å². The van der Waals surface area contributed by atoms with E-state index in [0.717, 1.165) is 63.7 Å². The molecule has 1 aromatic carbocycles. The Labute approximate surface area is 187 Å². The van der Waals surface area contributed by atoms with E-state index in [4.69, 9.17) is 19.9 Å². The predicted octanol–water partition coefficient (Wildman–Crippen LogP) is 3.04. The number of nitrogens with two attached hydrogens (primary N) is 1. The monoisotopic (exact) mass is 432 g/mol. The molecular weight excluding hydrogens is 392 g/mol. The summed E-state index contributed by atoms with van der Waals surface area (Å²) in [4.78, 5) is 2.32. The Balaban J connectivity index is 0.000000209. The summed E-state index contributed by atoms with van der Waals surface area (Å²) >= 11 is 0. The molecule has 31 heavy (non-hydrogen) atoms. The van der Waals surface area contributed by atoms with Gasteiger partial charge in [-0.15, -0.1) is 0 Å². The summed E-state index contributed by atoms with van der Waals surface area (Å²) in [5, 5.41) is 9.93. The van der Waals surface area contributed by atoms with Crippen LogP contribution in [-0.2, 0) is 16.6 Å². The topological polar surface area (TPSA) is 77.2 Å². The van der Waals surface area contributed by atoms with E-state index in [2.05, 4.69) is 17.0 Å². The fourth-order valence-corrected chi connectivity index (χ4v) is 5.15. The van der Waals surface area contributed by atoms with Crippen molar-refractivity contribution in [1.82, 2.24) is 4.90 Å². The molecule has 2 aliphatic heterocycles. The van der Waals surface area contributed by atoms with Gasteiger partial charge in [-0.1, -0.05) is 38.5 Å². The largest absolute Gasteiger partial charge is 0.493 e. The first kappa shape index (κ1) is 24.1. The average Bonchev–Trinajstić information content (AvgIpc) is 3.02. The first-order valence-corrected chi connectivity index (χ1v) is 11.9. The third-order valence-electron chi connectivity index (χ3n) is 6.63. The summed E-state index contributed by atoms with van der Waals surface area (Å²) in [6, 6.07) is 4.21. The van der Waals surface area contributed by atoms with Gasteiger partial charge in [-0.25, -0.2) is 0 Å².